The van der Waals surface area contributed by atoms with Gasteiger partial charge in [0, 0.05) is 32.4 Å². The van der Waals surface area contributed by atoms with Crippen LogP contribution in [0.1, 0.15) is 11.4 Å². The lowest BCUT2D eigenvalue weighted by Gasteiger charge is -2.35. The Morgan fingerprint density at radius 1 is 1.00 bits per heavy atom. The van der Waals surface area contributed by atoms with E-state index in [1.807, 2.05) is 18.2 Å². The number of aryl methyl sites for hydroxylation is 2. The molecule has 152 valence electrons. The maximum atomic E-state index is 12.6. The minimum atomic E-state index is -3.76. The zero-order valence-corrected chi connectivity index (χ0v) is 17.0. The van der Waals surface area contributed by atoms with E-state index in [0.717, 1.165) is 32.0 Å². The van der Waals surface area contributed by atoms with Gasteiger partial charge in [-0.25, -0.2) is 23.4 Å². The van der Waals surface area contributed by atoms with E-state index in [0.29, 0.717) is 23.0 Å². The van der Waals surface area contributed by atoms with E-state index >= 15 is 0 Å². The van der Waals surface area contributed by atoms with Crippen molar-refractivity contribution in [1.29, 1.82) is 0 Å². The molecule has 0 unspecified atom stereocenters. The van der Waals surface area contributed by atoms with Crippen molar-refractivity contribution in [3.63, 3.8) is 0 Å². The molecule has 3 aromatic heterocycles. The molecule has 1 aliphatic heterocycles. The smallest absolute Gasteiger partial charge is 0.265 e. The van der Waals surface area contributed by atoms with Crippen molar-refractivity contribution < 1.29 is 8.42 Å². The first-order chi connectivity index (χ1) is 13.9. The molecule has 2 N–H and O–H groups in total. The lowest BCUT2D eigenvalue weighted by atomic mass is 10.3. The number of aromatic nitrogens is 5. The molecule has 1 fully saturated rings. The molecule has 10 nitrogen and oxygen atoms in total. The number of anilines is 3. The molecule has 1 aliphatic rings. The van der Waals surface area contributed by atoms with Gasteiger partial charge in [-0.15, -0.1) is 0 Å². The van der Waals surface area contributed by atoms with Gasteiger partial charge < -0.3 is 9.80 Å². The van der Waals surface area contributed by atoms with E-state index in [9.17, 15) is 8.42 Å². The summed E-state index contributed by atoms with van der Waals surface area (Å²) in [5.74, 6) is 1.53. The fourth-order valence-electron chi connectivity index (χ4n) is 3.36. The predicted octanol–water partition coefficient (Wildman–Crippen LogP) is 1.34. The summed E-state index contributed by atoms with van der Waals surface area (Å²) in [5, 5.41) is 6.62. The second-order valence-corrected chi connectivity index (χ2v) is 8.42. The van der Waals surface area contributed by atoms with Crippen LogP contribution in [0.25, 0.3) is 0 Å². The molecule has 0 radical (unpaired) electrons. The molecule has 0 amide bonds. The third-order valence-electron chi connectivity index (χ3n) is 4.76. The van der Waals surface area contributed by atoms with Crippen LogP contribution in [0.5, 0.6) is 0 Å². The Morgan fingerprint density at radius 2 is 1.69 bits per heavy atom. The quantitative estimate of drug-likeness (QED) is 0.642. The highest BCUT2D eigenvalue weighted by Gasteiger charge is 2.23. The van der Waals surface area contributed by atoms with Crippen molar-refractivity contribution in [2.45, 2.75) is 18.7 Å². The van der Waals surface area contributed by atoms with E-state index < -0.39 is 10.0 Å². The number of nitrogens with zero attached hydrogens (tertiary/aromatic N) is 6. The standard InChI is InChI=1S/C18H22N8O2S/c1-13-17(14(2)23-22-13)29(27,28)24-15-11-20-18(21-12-15)26-9-7-25(8-10-26)16-5-3-4-6-19-16/h3-6,11-12,24H,7-10H2,1-2H3,(H,22,23). The summed E-state index contributed by atoms with van der Waals surface area (Å²) < 4.78 is 27.7. The number of aromatic amines is 1. The van der Waals surface area contributed by atoms with Crippen LogP contribution in [0, 0.1) is 13.8 Å². The number of rotatable bonds is 5. The number of nitrogens with one attached hydrogen (secondary N) is 2. The highest BCUT2D eigenvalue weighted by Crippen LogP contribution is 2.21. The van der Waals surface area contributed by atoms with Crippen LogP contribution in [0.2, 0.25) is 0 Å². The molecule has 3 aromatic rings. The zero-order chi connectivity index (χ0) is 20.4. The van der Waals surface area contributed by atoms with Gasteiger partial charge >= 0.3 is 0 Å². The summed E-state index contributed by atoms with van der Waals surface area (Å²) in [5.41, 5.74) is 1.21. The topological polar surface area (TPSA) is 120 Å². The van der Waals surface area contributed by atoms with Crippen molar-refractivity contribution in [2.24, 2.45) is 0 Å². The Labute approximate surface area is 169 Å². The maximum absolute atomic E-state index is 12.6. The van der Waals surface area contributed by atoms with Crippen molar-refractivity contribution in [3.05, 3.63) is 48.2 Å². The van der Waals surface area contributed by atoms with Gasteiger partial charge in [0.05, 0.1) is 29.5 Å². The van der Waals surface area contributed by atoms with Gasteiger partial charge in [-0.2, -0.15) is 5.10 Å². The molecule has 11 heteroatoms. The van der Waals surface area contributed by atoms with Crippen molar-refractivity contribution in [2.75, 3.05) is 40.7 Å². The number of piperazine rings is 1. The molecule has 0 saturated carbocycles. The molecule has 0 spiro atoms. The summed E-state index contributed by atoms with van der Waals surface area (Å²) in [7, 11) is -3.76. The molecule has 4 rings (SSSR count). The second kappa shape index (κ2) is 7.66. The summed E-state index contributed by atoms with van der Waals surface area (Å²) in [6.07, 6.45) is 4.75. The molecule has 29 heavy (non-hydrogen) atoms. The lowest BCUT2D eigenvalue weighted by molar-refractivity contribution is 0.600. The fourth-order valence-corrected chi connectivity index (χ4v) is 4.76. The van der Waals surface area contributed by atoms with Crippen LogP contribution in [0.4, 0.5) is 17.5 Å². The highest BCUT2D eigenvalue weighted by atomic mass is 32.2. The van der Waals surface area contributed by atoms with Crippen molar-refractivity contribution in [3.8, 4) is 0 Å². The average Bonchev–Trinajstić information content (AvgIpc) is 3.08. The number of hydrogen-bond acceptors (Lipinski definition) is 8. The zero-order valence-electron chi connectivity index (χ0n) is 16.2. The van der Waals surface area contributed by atoms with Crippen LogP contribution in [0.3, 0.4) is 0 Å². The molecular formula is C18H22N8O2S. The monoisotopic (exact) mass is 414 g/mol. The van der Waals surface area contributed by atoms with Crippen molar-refractivity contribution in [1.82, 2.24) is 25.1 Å². The molecule has 0 aromatic carbocycles. The van der Waals surface area contributed by atoms with Crippen LogP contribution in [0.15, 0.2) is 41.7 Å². The molecule has 0 atom stereocenters. The van der Waals surface area contributed by atoms with Crippen LogP contribution in [-0.2, 0) is 10.0 Å². The first-order valence-electron chi connectivity index (χ1n) is 9.21. The maximum Gasteiger partial charge on any atom is 0.265 e. The van der Waals surface area contributed by atoms with Gasteiger partial charge in [0.15, 0.2) is 0 Å². The number of sulfonamides is 1. The third kappa shape index (κ3) is 3.99. The second-order valence-electron chi connectivity index (χ2n) is 6.80. The molecule has 4 heterocycles. The molecule has 0 aliphatic carbocycles. The summed E-state index contributed by atoms with van der Waals surface area (Å²) in [4.78, 5) is 17.5. The third-order valence-corrected chi connectivity index (χ3v) is 6.40. The van der Waals surface area contributed by atoms with E-state index in [4.69, 9.17) is 0 Å². The van der Waals surface area contributed by atoms with Crippen LogP contribution in [-0.4, -0.2) is 59.7 Å². The lowest BCUT2D eigenvalue weighted by Crippen LogP contribution is -2.47. The summed E-state index contributed by atoms with van der Waals surface area (Å²) >= 11 is 0. The largest absolute Gasteiger partial charge is 0.353 e. The van der Waals surface area contributed by atoms with E-state index in [2.05, 4.69) is 39.7 Å². The SMILES string of the molecule is Cc1n[nH]c(C)c1S(=O)(=O)Nc1cnc(N2CCN(c3ccccn3)CC2)nc1. The van der Waals surface area contributed by atoms with E-state index in [-0.39, 0.29) is 4.90 Å². The van der Waals surface area contributed by atoms with Gasteiger partial charge in [0.2, 0.25) is 5.95 Å². The van der Waals surface area contributed by atoms with Gasteiger partial charge in [-0.05, 0) is 26.0 Å². The van der Waals surface area contributed by atoms with Gasteiger partial charge in [0.1, 0.15) is 10.7 Å². The van der Waals surface area contributed by atoms with Gasteiger partial charge in [-0.1, -0.05) is 6.07 Å². The molecule has 1 saturated heterocycles. The highest BCUT2D eigenvalue weighted by molar-refractivity contribution is 7.92. The first-order valence-corrected chi connectivity index (χ1v) is 10.7. The number of hydrogen-bond donors (Lipinski definition) is 2. The Hall–Kier alpha value is -3.21. The average molecular weight is 414 g/mol. The summed E-state index contributed by atoms with van der Waals surface area (Å²) in [6.45, 7) is 6.45. The van der Waals surface area contributed by atoms with E-state index in [1.165, 1.54) is 12.4 Å². The Bertz CT molecular complexity index is 1060. The van der Waals surface area contributed by atoms with Crippen LogP contribution < -0.4 is 14.5 Å². The minimum Gasteiger partial charge on any atom is -0.353 e. The predicted molar refractivity (Wildman–Crippen MR) is 110 cm³/mol. The fraction of sp³-hybridized carbons (Fsp3) is 0.333. The van der Waals surface area contributed by atoms with Gasteiger partial charge in [0.25, 0.3) is 10.0 Å². The number of H-pyrrole nitrogens is 1. The van der Waals surface area contributed by atoms with E-state index in [1.54, 1.807) is 20.0 Å². The first kappa shape index (κ1) is 19.1. The van der Waals surface area contributed by atoms with Gasteiger partial charge in [-0.3, -0.25) is 9.82 Å². The Kier molecular flexibility index (Phi) is 5.05. The Morgan fingerprint density at radius 3 is 2.28 bits per heavy atom. The van der Waals surface area contributed by atoms with Crippen molar-refractivity contribution >= 4 is 27.5 Å². The minimum absolute atomic E-state index is 0.146. The molecular weight excluding hydrogens is 392 g/mol. The summed E-state index contributed by atoms with van der Waals surface area (Å²) in [6, 6.07) is 5.87. The molecule has 0 bridgehead atoms. The number of pyridine rings is 1. The Balaban J connectivity index is 1.41. The van der Waals surface area contributed by atoms with Crippen LogP contribution >= 0.6 is 0 Å². The normalized spacial score (nSPS) is 14.8.